The molecule has 3 aromatic rings. The Morgan fingerprint density at radius 1 is 1.23 bits per heavy atom. The molecule has 0 saturated heterocycles. The molecule has 0 spiro atoms. The summed E-state index contributed by atoms with van der Waals surface area (Å²) in [5.41, 5.74) is 1.27. The predicted octanol–water partition coefficient (Wildman–Crippen LogP) is 3.10. The van der Waals surface area contributed by atoms with Gasteiger partial charge in [0, 0.05) is 31.3 Å². The number of nitrogens with one attached hydrogen (secondary N) is 2. The summed E-state index contributed by atoms with van der Waals surface area (Å²) in [6.45, 7) is 6.81. The summed E-state index contributed by atoms with van der Waals surface area (Å²) in [6, 6.07) is 10.6. The van der Waals surface area contributed by atoms with Crippen LogP contribution < -0.4 is 10.6 Å². The predicted molar refractivity (Wildman–Crippen MR) is 114 cm³/mol. The van der Waals surface area contributed by atoms with Gasteiger partial charge in [-0.1, -0.05) is 23.4 Å². The number of nitrogens with zero attached hydrogens (tertiary/aromatic N) is 4. The number of hydrogen-bond acceptors (Lipinski definition) is 4. The Kier molecular flexibility index (Phi) is 7.89. The molecule has 0 unspecified atom stereocenters. The molecule has 0 aliphatic carbocycles. The summed E-state index contributed by atoms with van der Waals surface area (Å²) in [5.74, 6) is 1.91. The number of para-hydroxylation sites is 1. The quantitative estimate of drug-likeness (QED) is 0.241. The summed E-state index contributed by atoms with van der Waals surface area (Å²) in [5, 5.41) is 11.6. The lowest BCUT2D eigenvalue weighted by Crippen LogP contribution is -2.38. The minimum Gasteiger partial charge on any atom is -0.357 e. The van der Waals surface area contributed by atoms with Crippen LogP contribution in [0.2, 0.25) is 0 Å². The van der Waals surface area contributed by atoms with Crippen LogP contribution in [0.4, 0.5) is 0 Å². The topological polar surface area (TPSA) is 80.3 Å². The van der Waals surface area contributed by atoms with E-state index in [0.717, 1.165) is 32.0 Å². The van der Waals surface area contributed by atoms with Gasteiger partial charge in [0.05, 0.1) is 0 Å². The van der Waals surface area contributed by atoms with Crippen LogP contribution in [0.5, 0.6) is 0 Å². The molecule has 3 rings (SSSR count). The van der Waals surface area contributed by atoms with Gasteiger partial charge < -0.3 is 19.7 Å². The molecular formula is C18H25IN6O. The maximum absolute atomic E-state index is 5.08. The highest BCUT2D eigenvalue weighted by atomic mass is 127. The zero-order valence-corrected chi connectivity index (χ0v) is 17.4. The van der Waals surface area contributed by atoms with Crippen molar-refractivity contribution in [1.29, 1.82) is 0 Å². The van der Waals surface area contributed by atoms with Gasteiger partial charge in [0.1, 0.15) is 6.54 Å². The largest absolute Gasteiger partial charge is 0.357 e. The number of halogens is 1. The number of rotatable bonds is 7. The van der Waals surface area contributed by atoms with Gasteiger partial charge in [0.25, 0.3) is 0 Å². The van der Waals surface area contributed by atoms with E-state index in [2.05, 4.69) is 66.9 Å². The second-order valence-electron chi connectivity index (χ2n) is 5.78. The molecule has 0 aliphatic heterocycles. The van der Waals surface area contributed by atoms with Gasteiger partial charge in [-0.15, -0.1) is 24.0 Å². The van der Waals surface area contributed by atoms with Crippen molar-refractivity contribution >= 4 is 40.8 Å². The van der Waals surface area contributed by atoms with E-state index in [1.54, 1.807) is 6.92 Å². The summed E-state index contributed by atoms with van der Waals surface area (Å²) < 4.78 is 7.36. The second-order valence-corrected chi connectivity index (χ2v) is 5.78. The first-order valence-electron chi connectivity index (χ1n) is 8.61. The molecule has 8 heteroatoms. The van der Waals surface area contributed by atoms with Crippen molar-refractivity contribution < 1.29 is 4.52 Å². The van der Waals surface area contributed by atoms with Crippen LogP contribution in [0, 0.1) is 6.92 Å². The highest BCUT2D eigenvalue weighted by Gasteiger charge is 2.03. The van der Waals surface area contributed by atoms with E-state index in [4.69, 9.17) is 4.52 Å². The van der Waals surface area contributed by atoms with Gasteiger partial charge in [0.2, 0.25) is 5.89 Å². The SMILES string of the molecule is CCNC(=NCc1nc(C)no1)NCCCn1ccc2ccccc21.I. The molecular weight excluding hydrogens is 443 g/mol. The van der Waals surface area contributed by atoms with Gasteiger partial charge in [-0.2, -0.15) is 4.98 Å². The average molecular weight is 468 g/mol. The zero-order valence-electron chi connectivity index (χ0n) is 15.1. The zero-order chi connectivity index (χ0) is 17.5. The lowest BCUT2D eigenvalue weighted by atomic mass is 10.2. The minimum absolute atomic E-state index is 0. The summed E-state index contributed by atoms with van der Waals surface area (Å²) in [7, 11) is 0. The van der Waals surface area contributed by atoms with Gasteiger partial charge in [-0.3, -0.25) is 0 Å². The summed E-state index contributed by atoms with van der Waals surface area (Å²) in [4.78, 5) is 8.63. The molecule has 0 atom stereocenters. The first-order valence-corrected chi connectivity index (χ1v) is 8.61. The highest BCUT2D eigenvalue weighted by molar-refractivity contribution is 14.0. The fourth-order valence-corrected chi connectivity index (χ4v) is 2.68. The van der Waals surface area contributed by atoms with E-state index in [0.29, 0.717) is 18.3 Å². The number of aliphatic imine (C=N–C) groups is 1. The number of aromatic nitrogens is 3. The lowest BCUT2D eigenvalue weighted by molar-refractivity contribution is 0.376. The van der Waals surface area contributed by atoms with Crippen LogP contribution in [0.1, 0.15) is 25.1 Å². The summed E-state index contributed by atoms with van der Waals surface area (Å²) in [6.07, 6.45) is 3.14. The van der Waals surface area contributed by atoms with E-state index >= 15 is 0 Å². The van der Waals surface area contributed by atoms with E-state index in [1.165, 1.54) is 10.9 Å². The third kappa shape index (κ3) is 5.45. The number of aryl methyl sites for hydroxylation is 2. The standard InChI is InChI=1S/C18H24N6O.HI/c1-3-19-18(21-13-17-22-14(2)23-25-17)20-10-6-11-24-12-9-15-7-4-5-8-16(15)24;/h4-5,7-9,12H,3,6,10-11,13H2,1-2H3,(H2,19,20,21);1H. The molecule has 0 bridgehead atoms. The van der Waals surface area contributed by atoms with Crippen molar-refractivity contribution in [3.05, 3.63) is 48.2 Å². The lowest BCUT2D eigenvalue weighted by Gasteiger charge is -2.11. The first kappa shape index (κ1) is 20.2. The Morgan fingerprint density at radius 2 is 2.08 bits per heavy atom. The molecule has 7 nitrogen and oxygen atoms in total. The molecule has 0 amide bonds. The van der Waals surface area contributed by atoms with E-state index in [9.17, 15) is 0 Å². The molecule has 0 aliphatic rings. The van der Waals surface area contributed by atoms with Crippen LogP contribution in [0.3, 0.4) is 0 Å². The van der Waals surface area contributed by atoms with Gasteiger partial charge in [-0.25, -0.2) is 4.99 Å². The van der Waals surface area contributed by atoms with Crippen molar-refractivity contribution in [2.24, 2.45) is 4.99 Å². The third-order valence-corrected chi connectivity index (χ3v) is 3.83. The molecule has 0 radical (unpaired) electrons. The Hall–Kier alpha value is -2.10. The molecule has 2 N–H and O–H groups in total. The molecule has 2 heterocycles. The molecule has 1 aromatic carbocycles. The maximum atomic E-state index is 5.08. The molecule has 2 aromatic heterocycles. The number of guanidine groups is 1. The van der Waals surface area contributed by atoms with Gasteiger partial charge in [-0.05, 0) is 37.8 Å². The van der Waals surface area contributed by atoms with Gasteiger partial charge in [0.15, 0.2) is 11.8 Å². The van der Waals surface area contributed by atoms with Crippen LogP contribution in [-0.2, 0) is 13.1 Å². The Bertz CT molecular complexity index is 841. The Morgan fingerprint density at radius 3 is 2.85 bits per heavy atom. The number of fused-ring (bicyclic) bond motifs is 1. The van der Waals surface area contributed by atoms with Crippen LogP contribution in [-0.4, -0.2) is 33.8 Å². The molecule has 140 valence electrons. The number of hydrogen-bond donors (Lipinski definition) is 2. The maximum Gasteiger partial charge on any atom is 0.248 e. The minimum atomic E-state index is 0. The highest BCUT2D eigenvalue weighted by Crippen LogP contribution is 2.15. The normalized spacial score (nSPS) is 11.4. The molecule has 26 heavy (non-hydrogen) atoms. The van der Waals surface area contributed by atoms with Crippen molar-refractivity contribution in [2.75, 3.05) is 13.1 Å². The fourth-order valence-electron chi connectivity index (χ4n) is 2.68. The van der Waals surface area contributed by atoms with E-state index in [1.807, 2.05) is 6.92 Å². The Balaban J connectivity index is 0.00000243. The van der Waals surface area contributed by atoms with Crippen molar-refractivity contribution in [3.8, 4) is 0 Å². The average Bonchev–Trinajstić information content (AvgIpc) is 3.22. The smallest absolute Gasteiger partial charge is 0.248 e. The fraction of sp³-hybridized carbons (Fsp3) is 0.389. The second kappa shape index (κ2) is 10.1. The monoisotopic (exact) mass is 468 g/mol. The van der Waals surface area contributed by atoms with E-state index in [-0.39, 0.29) is 24.0 Å². The van der Waals surface area contributed by atoms with Crippen LogP contribution in [0.15, 0.2) is 46.0 Å². The van der Waals surface area contributed by atoms with Crippen LogP contribution >= 0.6 is 24.0 Å². The van der Waals surface area contributed by atoms with Gasteiger partial charge >= 0.3 is 0 Å². The van der Waals surface area contributed by atoms with Crippen molar-refractivity contribution in [2.45, 2.75) is 33.4 Å². The molecule has 0 fully saturated rings. The Labute approximate surface area is 170 Å². The van der Waals surface area contributed by atoms with Crippen LogP contribution in [0.25, 0.3) is 10.9 Å². The summed E-state index contributed by atoms with van der Waals surface area (Å²) >= 11 is 0. The first-order chi connectivity index (χ1) is 12.3. The molecule has 0 saturated carbocycles. The number of benzene rings is 1. The van der Waals surface area contributed by atoms with E-state index < -0.39 is 0 Å². The third-order valence-electron chi connectivity index (χ3n) is 3.83. The van der Waals surface area contributed by atoms with Crippen molar-refractivity contribution in [3.63, 3.8) is 0 Å². The van der Waals surface area contributed by atoms with Crippen molar-refractivity contribution in [1.82, 2.24) is 25.3 Å².